The van der Waals surface area contributed by atoms with Gasteiger partial charge in [-0.15, -0.1) is 0 Å². The zero-order valence-corrected chi connectivity index (χ0v) is 32.0. The van der Waals surface area contributed by atoms with Crippen molar-refractivity contribution in [3.63, 3.8) is 0 Å². The van der Waals surface area contributed by atoms with E-state index in [9.17, 15) is 22.8 Å². The second-order valence-electron chi connectivity index (χ2n) is 14.1. The molecule has 2 aliphatic heterocycles. The normalized spacial score (nSPS) is 18.9. The third-order valence-corrected chi connectivity index (χ3v) is 11.1. The quantitative estimate of drug-likeness (QED) is 0.154. The van der Waals surface area contributed by atoms with E-state index in [2.05, 4.69) is 48.7 Å². The Bertz CT molecular complexity index is 1880. The third kappa shape index (κ3) is 7.79. The molecule has 0 saturated carbocycles. The second kappa shape index (κ2) is 16.4. The number of alkyl halides is 3. The van der Waals surface area contributed by atoms with E-state index >= 15 is 0 Å². The molecule has 0 aliphatic carbocycles. The molecule has 2 unspecified atom stereocenters. The summed E-state index contributed by atoms with van der Waals surface area (Å²) in [7, 11) is 0. The van der Waals surface area contributed by atoms with Gasteiger partial charge in [-0.3, -0.25) is 19.4 Å². The highest BCUT2D eigenvalue weighted by Gasteiger charge is 2.41. The summed E-state index contributed by atoms with van der Waals surface area (Å²) in [5.41, 5.74) is 1.20. The van der Waals surface area contributed by atoms with E-state index in [1.807, 2.05) is 37.5 Å². The maximum Gasteiger partial charge on any atom is 0.433 e. The van der Waals surface area contributed by atoms with Crippen molar-refractivity contribution in [3.8, 4) is 33.9 Å². The van der Waals surface area contributed by atoms with Gasteiger partial charge in [-0.1, -0.05) is 52.0 Å². The summed E-state index contributed by atoms with van der Waals surface area (Å²) >= 11 is 0. The number of aromatic nitrogens is 6. The molecule has 0 bridgehead atoms. The second-order valence-corrected chi connectivity index (χ2v) is 14.1. The van der Waals surface area contributed by atoms with Crippen molar-refractivity contribution in [3.05, 3.63) is 60.2 Å². The van der Waals surface area contributed by atoms with Crippen molar-refractivity contribution >= 4 is 11.8 Å². The number of likely N-dealkylation sites (N-methyl/N-ethyl adjacent to an activating group) is 2. The number of benzene rings is 1. The molecule has 2 N–H and O–H groups in total. The molecular formula is C39H51F3N10O2. The van der Waals surface area contributed by atoms with Gasteiger partial charge in [0.15, 0.2) is 5.82 Å². The predicted octanol–water partition coefficient (Wildman–Crippen LogP) is 6.73. The number of aromatic amines is 2. The highest BCUT2D eigenvalue weighted by Crippen LogP contribution is 2.40. The standard InChI is InChI=1S/C39H51F3N10O2/c1-7-49(8-2)24(5)37(53)51-19-11-13-30(51)35-45-23-29(46-35)28-21-43-34(44-22-28)27-17-15-26(16-18-27)32-33(39(40,41)42)48-36(47-32)31-14-12-20-52(31)38(54)25(6)50(9-3)10-4/h15-18,21-25,30-31H,7-14,19-20H2,1-6H3,(H,45,46)(H,47,48)/t24-,25?,30?,31+/m1/s1. The van der Waals surface area contributed by atoms with Crippen LogP contribution >= 0.6 is 0 Å². The largest absolute Gasteiger partial charge is 0.433 e. The maximum absolute atomic E-state index is 14.4. The molecule has 0 radical (unpaired) electrons. The first-order chi connectivity index (χ1) is 25.9. The van der Waals surface area contributed by atoms with Crippen LogP contribution in [0.2, 0.25) is 0 Å². The summed E-state index contributed by atoms with van der Waals surface area (Å²) in [6.07, 6.45) is 3.34. The van der Waals surface area contributed by atoms with Crippen LogP contribution in [0.15, 0.2) is 42.9 Å². The van der Waals surface area contributed by atoms with Gasteiger partial charge in [-0.2, -0.15) is 13.2 Å². The molecule has 2 aliphatic rings. The lowest BCUT2D eigenvalue weighted by atomic mass is 10.1. The Balaban J connectivity index is 1.18. The summed E-state index contributed by atoms with van der Waals surface area (Å²) in [6.45, 7) is 16.0. The van der Waals surface area contributed by atoms with E-state index < -0.39 is 17.9 Å². The van der Waals surface area contributed by atoms with Crippen LogP contribution < -0.4 is 0 Å². The minimum atomic E-state index is -4.68. The van der Waals surface area contributed by atoms with E-state index in [1.54, 1.807) is 47.8 Å². The van der Waals surface area contributed by atoms with E-state index in [1.165, 1.54) is 0 Å². The molecular weight excluding hydrogens is 697 g/mol. The number of nitrogens with zero attached hydrogens (tertiary/aromatic N) is 8. The Morgan fingerprint density at radius 1 is 0.741 bits per heavy atom. The highest BCUT2D eigenvalue weighted by atomic mass is 19.4. The summed E-state index contributed by atoms with van der Waals surface area (Å²) in [6, 6.07) is 5.22. The van der Waals surface area contributed by atoms with Crippen molar-refractivity contribution in [2.75, 3.05) is 39.3 Å². The van der Waals surface area contributed by atoms with Crippen molar-refractivity contribution in [1.82, 2.24) is 49.5 Å². The van der Waals surface area contributed by atoms with E-state index in [4.69, 9.17) is 0 Å². The average Bonchev–Trinajstić information content (AvgIpc) is 4.01. The van der Waals surface area contributed by atoms with Crippen molar-refractivity contribution in [1.29, 1.82) is 0 Å². The lowest BCUT2D eigenvalue weighted by molar-refractivity contribution is -0.140. The van der Waals surface area contributed by atoms with Gasteiger partial charge in [0, 0.05) is 42.2 Å². The molecule has 290 valence electrons. The molecule has 6 rings (SSSR count). The Hall–Kier alpha value is -4.63. The number of imidazole rings is 2. The Labute approximate surface area is 314 Å². The highest BCUT2D eigenvalue weighted by molar-refractivity contribution is 5.83. The summed E-state index contributed by atoms with van der Waals surface area (Å²) in [5, 5.41) is 0. The predicted molar refractivity (Wildman–Crippen MR) is 200 cm³/mol. The molecule has 0 spiro atoms. The number of carbonyl (C=O) groups excluding carboxylic acids is 2. The van der Waals surface area contributed by atoms with Crippen molar-refractivity contribution in [2.24, 2.45) is 0 Å². The Morgan fingerprint density at radius 2 is 1.24 bits per heavy atom. The molecule has 2 fully saturated rings. The first kappa shape index (κ1) is 39.1. The zero-order chi connectivity index (χ0) is 38.7. The number of H-pyrrole nitrogens is 2. The van der Waals surface area contributed by atoms with Crippen LogP contribution in [0, 0.1) is 0 Å². The fourth-order valence-corrected chi connectivity index (χ4v) is 7.97. The maximum atomic E-state index is 14.4. The number of rotatable bonds is 13. The zero-order valence-electron chi connectivity index (χ0n) is 32.0. The van der Waals surface area contributed by atoms with Gasteiger partial charge in [0.1, 0.15) is 23.0 Å². The number of nitrogens with one attached hydrogen (secondary N) is 2. The molecule has 15 heteroatoms. The van der Waals surface area contributed by atoms with Crippen LogP contribution in [0.5, 0.6) is 0 Å². The first-order valence-electron chi connectivity index (χ1n) is 19.1. The van der Waals surface area contributed by atoms with Crippen LogP contribution in [0.4, 0.5) is 13.2 Å². The van der Waals surface area contributed by atoms with Gasteiger partial charge in [0.2, 0.25) is 11.8 Å². The number of amides is 2. The van der Waals surface area contributed by atoms with Crippen molar-refractivity contribution in [2.45, 2.75) is 97.6 Å². The van der Waals surface area contributed by atoms with Gasteiger partial charge in [-0.05, 0) is 65.7 Å². The van der Waals surface area contributed by atoms with Crippen LogP contribution in [-0.2, 0) is 15.8 Å². The van der Waals surface area contributed by atoms with Crippen molar-refractivity contribution < 1.29 is 22.8 Å². The van der Waals surface area contributed by atoms with Gasteiger partial charge >= 0.3 is 6.18 Å². The third-order valence-electron chi connectivity index (χ3n) is 11.1. The summed E-state index contributed by atoms with van der Waals surface area (Å²) in [4.78, 5) is 58.7. The van der Waals surface area contributed by atoms with Gasteiger partial charge in [0.25, 0.3) is 0 Å². The Kier molecular flexibility index (Phi) is 11.9. The molecule has 4 aromatic rings. The summed E-state index contributed by atoms with van der Waals surface area (Å²) in [5.74, 6) is 1.27. The van der Waals surface area contributed by atoms with Gasteiger partial charge in [0.05, 0.1) is 36.1 Å². The number of likely N-dealkylation sites (tertiary alicyclic amines) is 2. The molecule has 54 heavy (non-hydrogen) atoms. The minimum absolute atomic E-state index is 0.105. The SMILES string of the molecule is CCN(CC)C(C)C(=O)N1CCC[C@H]1c1nc(-c2ccc(-c3ncc(-c4cnc(C5CCCN5C(=O)[C@@H](C)N(CC)CC)[nH]4)cn3)cc2)c(C(F)(F)F)[nH]1. The number of hydrogen-bond donors (Lipinski definition) is 2. The van der Waals surface area contributed by atoms with Crippen LogP contribution in [0.3, 0.4) is 0 Å². The minimum Gasteiger partial charge on any atom is -0.340 e. The average molecular weight is 749 g/mol. The van der Waals surface area contributed by atoms with Gasteiger partial charge in [-0.25, -0.2) is 19.9 Å². The molecule has 12 nitrogen and oxygen atoms in total. The van der Waals surface area contributed by atoms with Crippen LogP contribution in [0.1, 0.15) is 96.7 Å². The van der Waals surface area contributed by atoms with Crippen LogP contribution in [0.25, 0.3) is 33.9 Å². The summed E-state index contributed by atoms with van der Waals surface area (Å²) < 4.78 is 43.1. The van der Waals surface area contributed by atoms with E-state index in [-0.39, 0.29) is 47.0 Å². The number of carbonyl (C=O) groups is 2. The number of hydrogen-bond acceptors (Lipinski definition) is 8. The topological polar surface area (TPSA) is 130 Å². The lowest BCUT2D eigenvalue weighted by Crippen LogP contribution is -2.46. The number of halogens is 3. The molecule has 4 atom stereocenters. The van der Waals surface area contributed by atoms with E-state index in [0.29, 0.717) is 56.0 Å². The molecule has 2 amide bonds. The molecule has 1 aromatic carbocycles. The fourth-order valence-electron chi connectivity index (χ4n) is 7.97. The Morgan fingerprint density at radius 3 is 1.74 bits per heavy atom. The smallest absolute Gasteiger partial charge is 0.340 e. The van der Waals surface area contributed by atoms with Crippen LogP contribution in [-0.4, -0.2) is 113 Å². The molecule has 2 saturated heterocycles. The monoisotopic (exact) mass is 748 g/mol. The molecule has 5 heterocycles. The fraction of sp³-hybridized carbons (Fsp3) is 0.538. The molecule has 3 aromatic heterocycles. The van der Waals surface area contributed by atoms with E-state index in [0.717, 1.165) is 37.4 Å². The van der Waals surface area contributed by atoms with Gasteiger partial charge < -0.3 is 19.8 Å². The first-order valence-corrected chi connectivity index (χ1v) is 19.1. The lowest BCUT2D eigenvalue weighted by Gasteiger charge is -2.31.